The van der Waals surface area contributed by atoms with Gasteiger partial charge in [0.15, 0.2) is 0 Å². The maximum absolute atomic E-state index is 5.32. The van der Waals surface area contributed by atoms with Crippen molar-refractivity contribution in [2.45, 2.75) is 13.8 Å². The number of benzene rings is 1. The van der Waals surface area contributed by atoms with Crippen molar-refractivity contribution in [1.29, 1.82) is 0 Å². The van der Waals surface area contributed by atoms with Crippen molar-refractivity contribution < 1.29 is 21.7 Å². The van der Waals surface area contributed by atoms with Gasteiger partial charge in [0.1, 0.15) is 0 Å². The van der Waals surface area contributed by atoms with Crippen LogP contribution in [0, 0.1) is 13.0 Å². The van der Waals surface area contributed by atoms with Crippen molar-refractivity contribution in [3.63, 3.8) is 0 Å². The number of ether oxygens (including phenoxy) is 1. The summed E-state index contributed by atoms with van der Waals surface area (Å²) in [7, 11) is 0. The predicted octanol–water partition coefficient (Wildman–Crippen LogP) is -1.18. The van der Waals surface area contributed by atoms with Crippen LogP contribution in [0.1, 0.15) is 12.5 Å². The van der Waals surface area contributed by atoms with Gasteiger partial charge in [0, 0.05) is 5.75 Å². The smallest absolute Gasteiger partial charge is 1.00 e. The minimum Gasteiger partial charge on any atom is -1.00 e. The monoisotopic (exact) mass is 238 g/mol. The third kappa shape index (κ3) is 4.33. The fourth-order valence-corrected chi connectivity index (χ4v) is 0.817. The van der Waals surface area contributed by atoms with Crippen LogP contribution in [0.15, 0.2) is 18.2 Å². The Morgan fingerprint density at radius 3 is 2.67 bits per heavy atom. The molecule has 0 aliphatic rings. The fraction of sp³-hybridized carbons (Fsp3) is 0.333. The van der Waals surface area contributed by atoms with E-state index in [2.05, 4.69) is 6.07 Å². The van der Waals surface area contributed by atoms with Crippen molar-refractivity contribution in [2.75, 3.05) is 6.61 Å². The molecule has 0 spiro atoms. The number of hydrogen-bond donors (Lipinski definition) is 0. The zero-order valence-corrected chi connectivity index (χ0v) is 10.4. The van der Waals surface area contributed by atoms with E-state index in [0.29, 0.717) is 0 Å². The summed E-state index contributed by atoms with van der Waals surface area (Å²) in [6, 6.07) is 8.69. The summed E-state index contributed by atoms with van der Waals surface area (Å²) in [6.45, 7) is 4.72. The van der Waals surface area contributed by atoms with Crippen LogP contribution in [0.5, 0.6) is 5.75 Å². The van der Waals surface area contributed by atoms with E-state index in [0.717, 1.165) is 17.9 Å². The molecule has 0 amide bonds. The average Bonchev–Trinajstić information content (AvgIpc) is 1.94. The average molecular weight is 239 g/mol. The van der Waals surface area contributed by atoms with E-state index in [1.54, 1.807) is 0 Å². The van der Waals surface area contributed by atoms with Crippen LogP contribution in [0.3, 0.4) is 0 Å². The van der Waals surface area contributed by atoms with Crippen LogP contribution in [0.4, 0.5) is 0 Å². The summed E-state index contributed by atoms with van der Waals surface area (Å²) >= 11 is 0. The van der Waals surface area contributed by atoms with Crippen molar-refractivity contribution in [3.8, 4) is 5.75 Å². The fourth-order valence-electron chi connectivity index (χ4n) is 0.817. The van der Waals surface area contributed by atoms with Crippen LogP contribution in [-0.2, 0) is 0 Å². The SMILES string of the molecule is CCOc1cc[c-]cc1C.[Br-].[Mg+2]. The molecule has 62 valence electrons. The summed E-state index contributed by atoms with van der Waals surface area (Å²) in [5, 5.41) is 0. The molecule has 3 heteroatoms. The minimum absolute atomic E-state index is 0. The van der Waals surface area contributed by atoms with Crippen LogP contribution in [0.2, 0.25) is 0 Å². The summed E-state index contributed by atoms with van der Waals surface area (Å²) in [6.07, 6.45) is 0. The standard InChI is InChI=1S/C9H11O.BrH.Mg/c1-3-10-9-7-5-4-6-8(9)2;;/h5-7H,3H2,1-2H3;1H;/q-1;;+2/p-1. The predicted molar refractivity (Wildman–Crippen MR) is 46.9 cm³/mol. The van der Waals surface area contributed by atoms with Gasteiger partial charge in [0.05, 0.1) is 6.61 Å². The molecule has 1 aromatic carbocycles. The van der Waals surface area contributed by atoms with Crippen LogP contribution >= 0.6 is 0 Å². The number of aryl methyl sites for hydroxylation is 1. The third-order valence-corrected chi connectivity index (χ3v) is 1.32. The van der Waals surface area contributed by atoms with E-state index >= 15 is 0 Å². The molecule has 0 N–H and O–H groups in total. The topological polar surface area (TPSA) is 9.23 Å². The minimum atomic E-state index is 0. The molecule has 0 aromatic heterocycles. The molecule has 0 saturated carbocycles. The maximum Gasteiger partial charge on any atom is 2.00 e. The molecule has 0 saturated heterocycles. The molecular formula is C9H11BrMgO. The van der Waals surface area contributed by atoms with E-state index in [1.807, 2.05) is 32.0 Å². The summed E-state index contributed by atoms with van der Waals surface area (Å²) in [4.78, 5) is 0. The molecule has 1 nitrogen and oxygen atoms in total. The Morgan fingerprint density at radius 2 is 2.17 bits per heavy atom. The Kier molecular flexibility index (Phi) is 9.72. The first kappa shape index (κ1) is 14.8. The van der Waals surface area contributed by atoms with E-state index in [1.165, 1.54) is 0 Å². The van der Waals surface area contributed by atoms with Gasteiger partial charge in [-0.2, -0.15) is 18.2 Å². The van der Waals surface area contributed by atoms with E-state index < -0.39 is 0 Å². The second-order valence-electron chi connectivity index (χ2n) is 2.12. The van der Waals surface area contributed by atoms with Crippen molar-refractivity contribution in [3.05, 3.63) is 29.8 Å². The molecule has 0 radical (unpaired) electrons. The van der Waals surface area contributed by atoms with E-state index in [4.69, 9.17) is 4.74 Å². The summed E-state index contributed by atoms with van der Waals surface area (Å²) < 4.78 is 5.32. The first-order valence-electron chi connectivity index (χ1n) is 3.44. The molecule has 0 fully saturated rings. The first-order valence-corrected chi connectivity index (χ1v) is 3.44. The second kappa shape index (κ2) is 7.89. The molecule has 0 atom stereocenters. The van der Waals surface area contributed by atoms with Crippen molar-refractivity contribution in [2.24, 2.45) is 0 Å². The molecule has 0 bridgehead atoms. The summed E-state index contributed by atoms with van der Waals surface area (Å²) in [5.74, 6) is 0.959. The zero-order valence-electron chi connectivity index (χ0n) is 7.43. The molecule has 0 aliphatic heterocycles. The second-order valence-corrected chi connectivity index (χ2v) is 2.12. The van der Waals surface area contributed by atoms with Crippen LogP contribution in [-0.4, -0.2) is 29.7 Å². The Morgan fingerprint density at radius 1 is 1.50 bits per heavy atom. The quantitative estimate of drug-likeness (QED) is 0.466. The Hall–Kier alpha value is 0.266. The third-order valence-electron chi connectivity index (χ3n) is 1.32. The number of halogens is 1. The van der Waals surface area contributed by atoms with Crippen molar-refractivity contribution in [1.82, 2.24) is 0 Å². The van der Waals surface area contributed by atoms with Gasteiger partial charge >= 0.3 is 23.1 Å². The molecule has 0 aliphatic carbocycles. The largest absolute Gasteiger partial charge is 2.00 e. The molecule has 12 heavy (non-hydrogen) atoms. The van der Waals surface area contributed by atoms with Gasteiger partial charge in [0.25, 0.3) is 0 Å². The van der Waals surface area contributed by atoms with E-state index in [-0.39, 0.29) is 40.0 Å². The van der Waals surface area contributed by atoms with Gasteiger partial charge in [-0.3, -0.25) is 0 Å². The van der Waals surface area contributed by atoms with Gasteiger partial charge < -0.3 is 21.7 Å². The molecule has 1 rings (SSSR count). The van der Waals surface area contributed by atoms with Crippen molar-refractivity contribution >= 4 is 23.1 Å². The van der Waals surface area contributed by atoms with E-state index in [9.17, 15) is 0 Å². The molecular weight excluding hydrogens is 228 g/mol. The van der Waals surface area contributed by atoms with Gasteiger partial charge in [-0.1, -0.05) is 6.92 Å². The Balaban J connectivity index is 0. The van der Waals surface area contributed by atoms with Gasteiger partial charge in [-0.05, 0) is 6.92 Å². The molecule has 0 unspecified atom stereocenters. The Bertz CT molecular complexity index is 215. The zero-order chi connectivity index (χ0) is 7.40. The number of rotatable bonds is 2. The van der Waals surface area contributed by atoms with Crippen LogP contribution < -0.4 is 21.7 Å². The van der Waals surface area contributed by atoms with Gasteiger partial charge in [0.2, 0.25) is 0 Å². The van der Waals surface area contributed by atoms with Crippen LogP contribution in [0.25, 0.3) is 0 Å². The first-order chi connectivity index (χ1) is 4.84. The van der Waals surface area contributed by atoms with Gasteiger partial charge in [-0.15, -0.1) is 11.6 Å². The van der Waals surface area contributed by atoms with Gasteiger partial charge in [-0.25, -0.2) is 0 Å². The molecule has 0 heterocycles. The number of hydrogen-bond acceptors (Lipinski definition) is 1. The summed E-state index contributed by atoms with van der Waals surface area (Å²) in [5.41, 5.74) is 1.14. The maximum atomic E-state index is 5.32. The molecule has 1 aromatic rings. The Labute approximate surface area is 100 Å². The normalized spacial score (nSPS) is 7.83.